The highest BCUT2D eigenvalue weighted by Crippen LogP contribution is 2.60. The number of carbonyl (C=O) groups excluding carboxylic acids is 2. The molecule has 2 fully saturated rings. The summed E-state index contributed by atoms with van der Waals surface area (Å²) in [4.78, 5) is 27.4. The second-order valence-corrected chi connectivity index (χ2v) is 8.86. The van der Waals surface area contributed by atoms with Crippen LogP contribution in [0.25, 0.3) is 0 Å². The number of rotatable bonds is 4. The molecule has 1 aromatic rings. The Kier molecular flexibility index (Phi) is 5.15. The van der Waals surface area contributed by atoms with Crippen LogP contribution in [0.1, 0.15) is 27.7 Å². The SMILES string of the molecule is CC(C)=C[C@H]1[C@@H](C(=O)N2CSC[C@@H]2C(=O)Nc2ccccc2F)C1(C)C. The average molecular weight is 376 g/mol. The number of hydrogen-bond donors (Lipinski definition) is 1. The summed E-state index contributed by atoms with van der Waals surface area (Å²) in [5.41, 5.74) is 1.26. The van der Waals surface area contributed by atoms with E-state index in [9.17, 15) is 14.0 Å². The molecule has 1 aliphatic carbocycles. The average Bonchev–Trinajstić information content (AvgIpc) is 2.93. The summed E-state index contributed by atoms with van der Waals surface area (Å²) >= 11 is 1.56. The summed E-state index contributed by atoms with van der Waals surface area (Å²) in [6, 6.07) is 5.51. The van der Waals surface area contributed by atoms with Gasteiger partial charge in [-0.3, -0.25) is 9.59 Å². The highest BCUT2D eigenvalue weighted by Gasteiger charge is 2.62. The molecule has 140 valence electrons. The van der Waals surface area contributed by atoms with Gasteiger partial charge >= 0.3 is 0 Å². The summed E-state index contributed by atoms with van der Waals surface area (Å²) in [6.07, 6.45) is 2.15. The fourth-order valence-electron chi connectivity index (χ4n) is 3.65. The molecule has 6 heteroatoms. The van der Waals surface area contributed by atoms with Crippen LogP contribution < -0.4 is 5.32 Å². The summed E-state index contributed by atoms with van der Waals surface area (Å²) in [6.45, 7) is 8.26. The molecule has 1 heterocycles. The highest BCUT2D eigenvalue weighted by molar-refractivity contribution is 7.99. The van der Waals surface area contributed by atoms with Gasteiger partial charge in [0.15, 0.2) is 0 Å². The zero-order chi connectivity index (χ0) is 19.1. The first-order chi connectivity index (χ1) is 12.2. The van der Waals surface area contributed by atoms with E-state index in [4.69, 9.17) is 0 Å². The van der Waals surface area contributed by atoms with Gasteiger partial charge in [-0.1, -0.05) is 37.6 Å². The number of amides is 2. The van der Waals surface area contributed by atoms with Crippen molar-refractivity contribution in [3.63, 3.8) is 0 Å². The second kappa shape index (κ2) is 7.06. The van der Waals surface area contributed by atoms with Crippen molar-refractivity contribution in [2.45, 2.75) is 33.7 Å². The Morgan fingerprint density at radius 1 is 1.31 bits per heavy atom. The van der Waals surface area contributed by atoms with Crippen molar-refractivity contribution < 1.29 is 14.0 Å². The van der Waals surface area contributed by atoms with Gasteiger partial charge in [0, 0.05) is 5.75 Å². The Labute approximate surface area is 158 Å². The van der Waals surface area contributed by atoms with Crippen LogP contribution in [0.5, 0.6) is 0 Å². The lowest BCUT2D eigenvalue weighted by Gasteiger charge is -2.24. The lowest BCUT2D eigenvalue weighted by atomic mass is 10.1. The van der Waals surface area contributed by atoms with E-state index < -0.39 is 11.9 Å². The number of halogens is 1. The number of benzene rings is 1. The second-order valence-electron chi connectivity index (χ2n) is 7.86. The molecule has 26 heavy (non-hydrogen) atoms. The molecule has 1 aliphatic heterocycles. The van der Waals surface area contributed by atoms with Gasteiger partial charge in [0.25, 0.3) is 0 Å². The van der Waals surface area contributed by atoms with Crippen LogP contribution in [0.15, 0.2) is 35.9 Å². The number of allylic oxidation sites excluding steroid dienone is 2. The van der Waals surface area contributed by atoms with E-state index >= 15 is 0 Å². The van der Waals surface area contributed by atoms with Crippen LogP contribution in [0, 0.1) is 23.1 Å². The normalized spacial score (nSPS) is 26.3. The molecule has 1 saturated heterocycles. The maximum Gasteiger partial charge on any atom is 0.248 e. The van der Waals surface area contributed by atoms with Crippen LogP contribution in [-0.4, -0.2) is 34.4 Å². The Balaban J connectivity index is 1.72. The van der Waals surface area contributed by atoms with Crippen molar-refractivity contribution in [2.75, 3.05) is 16.9 Å². The van der Waals surface area contributed by atoms with Crippen molar-refractivity contribution in [2.24, 2.45) is 17.3 Å². The first kappa shape index (κ1) is 19.0. The van der Waals surface area contributed by atoms with Crippen LogP contribution in [-0.2, 0) is 9.59 Å². The molecule has 3 atom stereocenters. The minimum Gasteiger partial charge on any atom is -0.322 e. The Hall–Kier alpha value is -1.82. The van der Waals surface area contributed by atoms with Gasteiger partial charge in [0.2, 0.25) is 11.8 Å². The molecule has 0 unspecified atom stereocenters. The molecule has 0 spiro atoms. The van der Waals surface area contributed by atoms with E-state index in [-0.39, 0.29) is 34.8 Å². The maximum atomic E-state index is 13.8. The van der Waals surface area contributed by atoms with Gasteiger partial charge in [-0.2, -0.15) is 0 Å². The fraction of sp³-hybridized carbons (Fsp3) is 0.500. The fourth-order valence-corrected chi connectivity index (χ4v) is 4.82. The van der Waals surface area contributed by atoms with Crippen molar-refractivity contribution in [3.8, 4) is 0 Å². The lowest BCUT2D eigenvalue weighted by molar-refractivity contribution is -0.138. The Bertz CT molecular complexity index is 758. The first-order valence-electron chi connectivity index (χ1n) is 8.82. The Morgan fingerprint density at radius 3 is 2.65 bits per heavy atom. The minimum atomic E-state index is -0.559. The van der Waals surface area contributed by atoms with E-state index in [0.717, 1.165) is 0 Å². The highest BCUT2D eigenvalue weighted by atomic mass is 32.2. The molecule has 0 radical (unpaired) electrons. The summed E-state index contributed by atoms with van der Waals surface area (Å²) in [5, 5.41) is 2.63. The molecule has 1 N–H and O–H groups in total. The largest absolute Gasteiger partial charge is 0.322 e. The van der Waals surface area contributed by atoms with Crippen molar-refractivity contribution in [3.05, 3.63) is 41.7 Å². The molecule has 4 nitrogen and oxygen atoms in total. The number of nitrogens with zero attached hydrogens (tertiary/aromatic N) is 1. The van der Waals surface area contributed by atoms with E-state index in [0.29, 0.717) is 11.6 Å². The Morgan fingerprint density at radius 2 is 2.00 bits per heavy atom. The number of para-hydroxylation sites is 1. The summed E-state index contributed by atoms with van der Waals surface area (Å²) < 4.78 is 13.8. The molecule has 1 saturated carbocycles. The molecular formula is C20H25FN2O2S. The molecule has 0 bridgehead atoms. The molecule has 2 amide bonds. The third-order valence-corrected chi connectivity index (χ3v) is 6.30. The van der Waals surface area contributed by atoms with Crippen LogP contribution in [0.3, 0.4) is 0 Å². The van der Waals surface area contributed by atoms with Crippen LogP contribution in [0.2, 0.25) is 0 Å². The number of anilines is 1. The predicted molar refractivity (Wildman–Crippen MR) is 103 cm³/mol. The van der Waals surface area contributed by atoms with E-state index in [1.807, 2.05) is 13.8 Å². The quantitative estimate of drug-likeness (QED) is 0.811. The number of hydrogen-bond acceptors (Lipinski definition) is 3. The van der Waals surface area contributed by atoms with Gasteiger partial charge in [0.1, 0.15) is 11.9 Å². The first-order valence-corrected chi connectivity index (χ1v) is 9.97. The van der Waals surface area contributed by atoms with Gasteiger partial charge < -0.3 is 10.2 Å². The predicted octanol–water partition coefficient (Wildman–Crippen LogP) is 3.90. The van der Waals surface area contributed by atoms with Gasteiger partial charge in [-0.15, -0.1) is 11.8 Å². The van der Waals surface area contributed by atoms with E-state index in [2.05, 4.69) is 25.2 Å². The lowest BCUT2D eigenvalue weighted by Crippen LogP contribution is -2.45. The number of nitrogens with one attached hydrogen (secondary N) is 1. The standard InChI is InChI=1S/C20H25FN2O2S/c1-12(2)9-13-17(20(13,3)4)19(25)23-11-26-10-16(23)18(24)22-15-8-6-5-7-14(15)21/h5-9,13,16-17H,10-11H2,1-4H3,(H,22,24)/t13-,16+,17-/m0/s1. The van der Waals surface area contributed by atoms with Crippen LogP contribution >= 0.6 is 11.8 Å². The molecular weight excluding hydrogens is 351 g/mol. The maximum absolute atomic E-state index is 13.8. The van der Waals surface area contributed by atoms with E-state index in [1.54, 1.807) is 28.8 Å². The van der Waals surface area contributed by atoms with Gasteiger partial charge in [0.05, 0.1) is 17.5 Å². The third-order valence-electron chi connectivity index (χ3n) is 5.29. The molecule has 3 rings (SSSR count). The number of thioether (sulfide) groups is 1. The van der Waals surface area contributed by atoms with Crippen LogP contribution in [0.4, 0.5) is 10.1 Å². The van der Waals surface area contributed by atoms with Crippen molar-refractivity contribution in [1.29, 1.82) is 0 Å². The summed E-state index contributed by atoms with van der Waals surface area (Å²) in [7, 11) is 0. The van der Waals surface area contributed by atoms with Gasteiger partial charge in [-0.05, 0) is 37.3 Å². The zero-order valence-electron chi connectivity index (χ0n) is 15.6. The third kappa shape index (κ3) is 3.52. The monoisotopic (exact) mass is 376 g/mol. The number of carbonyl (C=O) groups is 2. The molecule has 0 aromatic heterocycles. The smallest absolute Gasteiger partial charge is 0.248 e. The van der Waals surface area contributed by atoms with Crippen molar-refractivity contribution in [1.82, 2.24) is 4.90 Å². The molecule has 1 aromatic carbocycles. The van der Waals surface area contributed by atoms with Gasteiger partial charge in [-0.25, -0.2) is 4.39 Å². The summed E-state index contributed by atoms with van der Waals surface area (Å²) in [5.74, 6) is 0.369. The van der Waals surface area contributed by atoms with Crippen molar-refractivity contribution >= 4 is 29.3 Å². The van der Waals surface area contributed by atoms with E-state index in [1.165, 1.54) is 17.7 Å². The molecule has 2 aliphatic rings. The minimum absolute atomic E-state index is 0.0242. The zero-order valence-corrected chi connectivity index (χ0v) is 16.4. The topological polar surface area (TPSA) is 49.4 Å².